The molecule has 2 aromatic rings. The number of benzene rings is 1. The fourth-order valence-electron chi connectivity index (χ4n) is 2.49. The van der Waals surface area contributed by atoms with Crippen molar-refractivity contribution >= 4 is 16.8 Å². The highest BCUT2D eigenvalue weighted by Gasteiger charge is 2.31. The van der Waals surface area contributed by atoms with Gasteiger partial charge in [-0.25, -0.2) is 0 Å². The topological polar surface area (TPSA) is 53.4 Å². The van der Waals surface area contributed by atoms with Crippen molar-refractivity contribution in [1.29, 1.82) is 0 Å². The summed E-state index contributed by atoms with van der Waals surface area (Å²) >= 11 is 0. The Morgan fingerprint density at radius 1 is 1.40 bits per heavy atom. The summed E-state index contributed by atoms with van der Waals surface area (Å²) in [6.07, 6.45) is 3.46. The van der Waals surface area contributed by atoms with Crippen LogP contribution in [0.15, 0.2) is 36.5 Å². The summed E-state index contributed by atoms with van der Waals surface area (Å²) < 4.78 is 0. The van der Waals surface area contributed by atoms with E-state index in [0.717, 1.165) is 23.7 Å². The number of hydrogen-bond acceptors (Lipinski definition) is 3. The van der Waals surface area contributed by atoms with Gasteiger partial charge in [-0.3, -0.25) is 9.78 Å². The minimum Gasteiger partial charge on any atom is -0.391 e. The minimum absolute atomic E-state index is 0.0664. The first kappa shape index (κ1) is 13.1. The molecule has 1 aromatic heterocycles. The first-order chi connectivity index (χ1) is 9.66. The van der Waals surface area contributed by atoms with Crippen molar-refractivity contribution in [1.82, 2.24) is 9.88 Å². The number of carbonyl (C=O) groups excluding carboxylic acids is 1. The highest BCUT2D eigenvalue weighted by Crippen LogP contribution is 2.32. The van der Waals surface area contributed by atoms with Gasteiger partial charge in [-0.15, -0.1) is 0 Å². The second-order valence-electron chi connectivity index (χ2n) is 5.47. The van der Waals surface area contributed by atoms with Crippen molar-refractivity contribution in [2.24, 2.45) is 5.92 Å². The summed E-state index contributed by atoms with van der Waals surface area (Å²) in [5.74, 6) is 0.308. The molecule has 0 saturated heterocycles. The molecule has 1 unspecified atom stereocenters. The van der Waals surface area contributed by atoms with Crippen LogP contribution in [0.1, 0.15) is 23.2 Å². The van der Waals surface area contributed by atoms with E-state index in [1.165, 1.54) is 0 Å². The smallest absolute Gasteiger partial charge is 0.254 e. The molecule has 1 atom stereocenters. The third-order valence-electron chi connectivity index (χ3n) is 3.85. The predicted octanol–water partition coefficient (Wildman–Crippen LogP) is 2.08. The summed E-state index contributed by atoms with van der Waals surface area (Å²) in [4.78, 5) is 18.4. The Bertz CT molecular complexity index is 632. The van der Waals surface area contributed by atoms with E-state index in [-0.39, 0.29) is 5.91 Å². The third-order valence-corrected chi connectivity index (χ3v) is 3.85. The van der Waals surface area contributed by atoms with E-state index < -0.39 is 6.10 Å². The number of amides is 1. The number of rotatable bonds is 4. The van der Waals surface area contributed by atoms with Crippen LogP contribution in [0.2, 0.25) is 0 Å². The van der Waals surface area contributed by atoms with Crippen LogP contribution in [0.5, 0.6) is 0 Å². The maximum absolute atomic E-state index is 12.5. The highest BCUT2D eigenvalue weighted by molar-refractivity contribution is 6.06. The molecule has 1 aromatic carbocycles. The van der Waals surface area contributed by atoms with E-state index in [4.69, 9.17) is 0 Å². The first-order valence-corrected chi connectivity index (χ1v) is 6.94. The van der Waals surface area contributed by atoms with Crippen molar-refractivity contribution in [2.75, 3.05) is 13.6 Å². The van der Waals surface area contributed by atoms with Crippen LogP contribution in [0.25, 0.3) is 10.9 Å². The Hall–Kier alpha value is -1.94. The number of hydrogen-bond donors (Lipinski definition) is 1. The number of aromatic nitrogens is 1. The van der Waals surface area contributed by atoms with Gasteiger partial charge < -0.3 is 10.0 Å². The van der Waals surface area contributed by atoms with E-state index >= 15 is 0 Å². The van der Waals surface area contributed by atoms with Crippen LogP contribution in [0.3, 0.4) is 0 Å². The summed E-state index contributed by atoms with van der Waals surface area (Å²) in [5, 5.41) is 10.8. The number of pyridine rings is 1. The maximum Gasteiger partial charge on any atom is 0.254 e. The number of likely N-dealkylation sites (N-methyl/N-ethyl adjacent to an activating group) is 1. The van der Waals surface area contributed by atoms with E-state index in [2.05, 4.69) is 4.98 Å². The molecule has 3 rings (SSSR count). The molecule has 1 heterocycles. The lowest BCUT2D eigenvalue weighted by Crippen LogP contribution is -2.35. The Morgan fingerprint density at radius 2 is 2.20 bits per heavy atom. The minimum atomic E-state index is -0.406. The zero-order valence-corrected chi connectivity index (χ0v) is 11.5. The molecule has 4 nitrogen and oxygen atoms in total. The van der Waals surface area contributed by atoms with Gasteiger partial charge in [0.05, 0.1) is 11.6 Å². The molecule has 20 heavy (non-hydrogen) atoms. The van der Waals surface area contributed by atoms with Crippen LogP contribution in [-0.2, 0) is 0 Å². The summed E-state index contributed by atoms with van der Waals surface area (Å²) in [7, 11) is 1.74. The van der Waals surface area contributed by atoms with Gasteiger partial charge in [0.2, 0.25) is 0 Å². The number of aliphatic hydroxyl groups excluding tert-OH is 1. The average molecular weight is 270 g/mol. The molecular formula is C16H18N2O2. The lowest BCUT2D eigenvalue weighted by atomic mass is 10.1. The van der Waals surface area contributed by atoms with Crippen molar-refractivity contribution in [3.8, 4) is 0 Å². The third kappa shape index (κ3) is 2.51. The van der Waals surface area contributed by atoms with Gasteiger partial charge >= 0.3 is 0 Å². The number of carbonyl (C=O) groups is 1. The Kier molecular flexibility index (Phi) is 3.40. The van der Waals surface area contributed by atoms with Gasteiger partial charge in [-0.05, 0) is 37.0 Å². The van der Waals surface area contributed by atoms with Crippen LogP contribution >= 0.6 is 0 Å². The first-order valence-electron chi connectivity index (χ1n) is 6.94. The van der Waals surface area contributed by atoms with E-state index in [9.17, 15) is 9.90 Å². The molecule has 104 valence electrons. The van der Waals surface area contributed by atoms with Crippen molar-refractivity contribution in [3.05, 3.63) is 42.1 Å². The summed E-state index contributed by atoms with van der Waals surface area (Å²) in [5.41, 5.74) is 1.45. The molecule has 0 bridgehead atoms. The number of aliphatic hydroxyl groups is 1. The maximum atomic E-state index is 12.5. The summed E-state index contributed by atoms with van der Waals surface area (Å²) in [6, 6.07) is 9.28. The quantitative estimate of drug-likeness (QED) is 0.925. The van der Waals surface area contributed by atoms with Gasteiger partial charge in [0, 0.05) is 30.7 Å². The zero-order chi connectivity index (χ0) is 14.1. The fourth-order valence-corrected chi connectivity index (χ4v) is 2.49. The molecule has 0 radical (unpaired) electrons. The molecule has 4 heteroatoms. The van der Waals surface area contributed by atoms with E-state index in [0.29, 0.717) is 18.0 Å². The van der Waals surface area contributed by atoms with Crippen molar-refractivity contribution in [3.63, 3.8) is 0 Å². The SMILES string of the molecule is CN(CC(O)C1CC1)C(=O)c1cccc2ncccc12. The van der Waals surface area contributed by atoms with Crippen LogP contribution in [0, 0.1) is 5.92 Å². The Labute approximate surface area is 118 Å². The molecule has 1 N–H and O–H groups in total. The van der Waals surface area contributed by atoms with Crippen molar-refractivity contribution < 1.29 is 9.90 Å². The largest absolute Gasteiger partial charge is 0.391 e. The van der Waals surface area contributed by atoms with Gasteiger partial charge in [0.1, 0.15) is 0 Å². The van der Waals surface area contributed by atoms with Gasteiger partial charge in [-0.1, -0.05) is 12.1 Å². The molecule has 1 aliphatic rings. The number of fused-ring (bicyclic) bond motifs is 1. The normalized spacial score (nSPS) is 16.1. The van der Waals surface area contributed by atoms with E-state index in [1.54, 1.807) is 18.1 Å². The molecule has 1 fully saturated rings. The summed E-state index contributed by atoms with van der Waals surface area (Å²) in [6.45, 7) is 0.389. The van der Waals surface area contributed by atoms with Gasteiger partial charge in [-0.2, -0.15) is 0 Å². The van der Waals surface area contributed by atoms with E-state index in [1.807, 2.05) is 30.3 Å². The van der Waals surface area contributed by atoms with Crippen LogP contribution in [0.4, 0.5) is 0 Å². The molecule has 0 aliphatic heterocycles. The fraction of sp³-hybridized carbons (Fsp3) is 0.375. The zero-order valence-electron chi connectivity index (χ0n) is 11.5. The van der Waals surface area contributed by atoms with Crippen LogP contribution in [-0.4, -0.2) is 40.6 Å². The second kappa shape index (κ2) is 5.21. The van der Waals surface area contributed by atoms with Gasteiger partial charge in [0.25, 0.3) is 5.91 Å². The highest BCUT2D eigenvalue weighted by atomic mass is 16.3. The standard InChI is InChI=1S/C16H18N2O2/c1-18(10-15(19)11-7-8-11)16(20)13-4-2-6-14-12(13)5-3-9-17-14/h2-6,9,11,15,19H,7-8,10H2,1H3. The number of nitrogens with zero attached hydrogens (tertiary/aromatic N) is 2. The average Bonchev–Trinajstić information content (AvgIpc) is 3.30. The second-order valence-corrected chi connectivity index (χ2v) is 5.47. The van der Waals surface area contributed by atoms with Crippen molar-refractivity contribution in [2.45, 2.75) is 18.9 Å². The Morgan fingerprint density at radius 3 is 2.95 bits per heavy atom. The lowest BCUT2D eigenvalue weighted by Gasteiger charge is -2.21. The van der Waals surface area contributed by atoms with Gasteiger partial charge in [0.15, 0.2) is 0 Å². The monoisotopic (exact) mass is 270 g/mol. The molecule has 1 saturated carbocycles. The lowest BCUT2D eigenvalue weighted by molar-refractivity contribution is 0.0647. The molecule has 1 amide bonds. The Balaban J connectivity index is 1.84. The van der Waals surface area contributed by atoms with Crippen LogP contribution < -0.4 is 0 Å². The molecule has 1 aliphatic carbocycles. The predicted molar refractivity (Wildman–Crippen MR) is 77.4 cm³/mol. The molecule has 0 spiro atoms. The molecular weight excluding hydrogens is 252 g/mol.